The van der Waals surface area contributed by atoms with Gasteiger partial charge in [0.2, 0.25) is 0 Å². The highest BCUT2D eigenvalue weighted by atomic mass is 16.1. The first-order valence-corrected chi connectivity index (χ1v) is 6.10. The Balaban J connectivity index is 2.13. The van der Waals surface area contributed by atoms with Gasteiger partial charge in [-0.05, 0) is 25.5 Å². The van der Waals surface area contributed by atoms with Gasteiger partial charge in [-0.15, -0.1) is 0 Å². The lowest BCUT2D eigenvalue weighted by Gasteiger charge is -2.27. The number of hydrogen-bond donors (Lipinski definition) is 0. The third kappa shape index (κ3) is 2.73. The van der Waals surface area contributed by atoms with Gasteiger partial charge in [-0.2, -0.15) is 0 Å². The van der Waals surface area contributed by atoms with Crippen molar-refractivity contribution in [3.05, 3.63) is 35.7 Å². The maximum Gasteiger partial charge on any atom is 0.180 e. The Morgan fingerprint density at radius 1 is 1.47 bits per heavy atom. The number of ketones is 1. The highest BCUT2D eigenvalue weighted by molar-refractivity contribution is 5.94. The predicted molar refractivity (Wildman–Crippen MR) is 69.4 cm³/mol. The van der Waals surface area contributed by atoms with Crippen LogP contribution in [0.4, 0.5) is 5.69 Å². The molecule has 1 aliphatic heterocycles. The van der Waals surface area contributed by atoms with Gasteiger partial charge in [0.1, 0.15) is 5.69 Å². The van der Waals surface area contributed by atoms with E-state index in [1.165, 1.54) is 5.57 Å². The number of anilines is 1. The normalized spacial score (nSPS) is 15.6. The second-order valence-corrected chi connectivity index (χ2v) is 4.44. The maximum atomic E-state index is 11.5. The van der Waals surface area contributed by atoms with Crippen LogP contribution in [0.1, 0.15) is 37.2 Å². The van der Waals surface area contributed by atoms with Gasteiger partial charge in [0.15, 0.2) is 5.78 Å². The number of rotatable bonds is 3. The molecule has 0 amide bonds. The number of carbonyl (C=O) groups excluding carboxylic acids is 1. The molecular formula is C14H18N2O. The molecule has 0 aliphatic carbocycles. The maximum absolute atomic E-state index is 11.5. The molecule has 3 nitrogen and oxygen atoms in total. The standard InChI is InChI=1S/C14H18N2O/c1-3-14(17)13-7-6-12(9-15-13)16-8-4-5-11(2)10-16/h5-7,9H,3-4,8,10H2,1-2H3. The van der Waals surface area contributed by atoms with E-state index in [4.69, 9.17) is 0 Å². The molecule has 3 heteroatoms. The topological polar surface area (TPSA) is 33.2 Å². The van der Waals surface area contributed by atoms with E-state index < -0.39 is 0 Å². The molecule has 0 saturated heterocycles. The lowest BCUT2D eigenvalue weighted by molar-refractivity contribution is 0.0983. The zero-order chi connectivity index (χ0) is 12.3. The van der Waals surface area contributed by atoms with E-state index in [9.17, 15) is 4.79 Å². The van der Waals surface area contributed by atoms with Crippen molar-refractivity contribution in [1.29, 1.82) is 0 Å². The number of nitrogens with zero attached hydrogens (tertiary/aromatic N) is 2. The van der Waals surface area contributed by atoms with Gasteiger partial charge in [0.05, 0.1) is 11.9 Å². The molecule has 0 atom stereocenters. The lowest BCUT2D eigenvalue weighted by Crippen LogP contribution is -2.29. The molecule has 2 heterocycles. The van der Waals surface area contributed by atoms with Crippen molar-refractivity contribution in [2.75, 3.05) is 18.0 Å². The zero-order valence-corrected chi connectivity index (χ0v) is 10.4. The SMILES string of the molecule is CCC(=O)c1ccc(N2CCC=C(C)C2)cn1. The van der Waals surface area contributed by atoms with Crippen LogP contribution >= 0.6 is 0 Å². The molecular weight excluding hydrogens is 212 g/mol. The zero-order valence-electron chi connectivity index (χ0n) is 10.4. The minimum atomic E-state index is 0.103. The highest BCUT2D eigenvalue weighted by Crippen LogP contribution is 2.19. The predicted octanol–water partition coefficient (Wildman–Crippen LogP) is 2.83. The van der Waals surface area contributed by atoms with Crippen molar-refractivity contribution < 1.29 is 4.79 Å². The summed E-state index contributed by atoms with van der Waals surface area (Å²) in [6, 6.07) is 3.82. The fraction of sp³-hybridized carbons (Fsp3) is 0.429. The number of pyridine rings is 1. The van der Waals surface area contributed by atoms with Crippen LogP contribution in [0, 0.1) is 0 Å². The molecule has 0 N–H and O–H groups in total. The minimum absolute atomic E-state index is 0.103. The van der Waals surface area contributed by atoms with E-state index in [1.807, 2.05) is 25.3 Å². The number of aromatic nitrogens is 1. The summed E-state index contributed by atoms with van der Waals surface area (Å²) in [5, 5.41) is 0. The Kier molecular flexibility index (Phi) is 3.57. The molecule has 17 heavy (non-hydrogen) atoms. The van der Waals surface area contributed by atoms with Crippen molar-refractivity contribution in [1.82, 2.24) is 4.98 Å². The van der Waals surface area contributed by atoms with E-state index in [0.29, 0.717) is 12.1 Å². The third-order valence-electron chi connectivity index (χ3n) is 3.05. The molecule has 1 aliphatic rings. The van der Waals surface area contributed by atoms with Gasteiger partial charge in [-0.3, -0.25) is 9.78 Å². The molecule has 2 rings (SSSR count). The first-order valence-electron chi connectivity index (χ1n) is 6.10. The molecule has 90 valence electrons. The summed E-state index contributed by atoms with van der Waals surface area (Å²) in [5.41, 5.74) is 3.07. The summed E-state index contributed by atoms with van der Waals surface area (Å²) in [7, 11) is 0. The molecule has 0 unspecified atom stereocenters. The summed E-state index contributed by atoms with van der Waals surface area (Å²) >= 11 is 0. The van der Waals surface area contributed by atoms with Crippen LogP contribution < -0.4 is 4.90 Å². The molecule has 0 aromatic carbocycles. The Bertz CT molecular complexity index is 434. The summed E-state index contributed by atoms with van der Waals surface area (Å²) in [5.74, 6) is 0.103. The van der Waals surface area contributed by atoms with Crippen LogP contribution in [0.25, 0.3) is 0 Å². The second-order valence-electron chi connectivity index (χ2n) is 4.44. The van der Waals surface area contributed by atoms with Crippen molar-refractivity contribution >= 4 is 11.5 Å². The first kappa shape index (κ1) is 11.8. The Hall–Kier alpha value is -1.64. The fourth-order valence-corrected chi connectivity index (χ4v) is 2.05. The van der Waals surface area contributed by atoms with Gasteiger partial charge in [0, 0.05) is 19.5 Å². The van der Waals surface area contributed by atoms with Crippen molar-refractivity contribution in [2.45, 2.75) is 26.7 Å². The van der Waals surface area contributed by atoms with Crippen LogP contribution in [-0.2, 0) is 0 Å². The van der Waals surface area contributed by atoms with Gasteiger partial charge < -0.3 is 4.90 Å². The average Bonchev–Trinajstić information content (AvgIpc) is 2.38. The van der Waals surface area contributed by atoms with Gasteiger partial charge >= 0.3 is 0 Å². The third-order valence-corrected chi connectivity index (χ3v) is 3.05. The molecule has 1 aromatic heterocycles. The lowest BCUT2D eigenvalue weighted by atomic mass is 10.1. The van der Waals surface area contributed by atoms with Crippen molar-refractivity contribution in [3.8, 4) is 0 Å². The summed E-state index contributed by atoms with van der Waals surface area (Å²) in [4.78, 5) is 18.0. The molecule has 0 fully saturated rings. The van der Waals surface area contributed by atoms with Crippen LogP contribution in [0.5, 0.6) is 0 Å². The van der Waals surface area contributed by atoms with Crippen LogP contribution in [0.3, 0.4) is 0 Å². The highest BCUT2D eigenvalue weighted by Gasteiger charge is 2.12. The van der Waals surface area contributed by atoms with E-state index in [-0.39, 0.29) is 5.78 Å². The van der Waals surface area contributed by atoms with Gasteiger partial charge in [0.25, 0.3) is 0 Å². The average molecular weight is 230 g/mol. The van der Waals surface area contributed by atoms with Crippen molar-refractivity contribution in [3.63, 3.8) is 0 Å². The summed E-state index contributed by atoms with van der Waals surface area (Å²) in [6.45, 7) is 5.99. The molecule has 0 radical (unpaired) electrons. The number of hydrogen-bond acceptors (Lipinski definition) is 3. The summed E-state index contributed by atoms with van der Waals surface area (Å²) in [6.07, 6.45) is 5.68. The molecule has 0 saturated carbocycles. The van der Waals surface area contributed by atoms with Crippen LogP contribution in [-0.4, -0.2) is 23.9 Å². The molecule has 0 spiro atoms. The van der Waals surface area contributed by atoms with Crippen LogP contribution in [0.2, 0.25) is 0 Å². The van der Waals surface area contributed by atoms with Gasteiger partial charge in [-0.1, -0.05) is 18.6 Å². The van der Waals surface area contributed by atoms with Crippen LogP contribution in [0.15, 0.2) is 30.0 Å². The van der Waals surface area contributed by atoms with E-state index in [1.54, 1.807) is 0 Å². The Morgan fingerprint density at radius 3 is 2.88 bits per heavy atom. The number of Topliss-reactive ketones (excluding diaryl/α,β-unsaturated/α-hetero) is 1. The smallest absolute Gasteiger partial charge is 0.180 e. The monoisotopic (exact) mass is 230 g/mol. The van der Waals surface area contributed by atoms with Crippen molar-refractivity contribution in [2.24, 2.45) is 0 Å². The summed E-state index contributed by atoms with van der Waals surface area (Å²) < 4.78 is 0. The quantitative estimate of drug-likeness (QED) is 0.591. The largest absolute Gasteiger partial charge is 0.366 e. The first-order chi connectivity index (χ1) is 8.20. The molecule has 1 aromatic rings. The number of carbonyl (C=O) groups is 1. The second kappa shape index (κ2) is 5.13. The minimum Gasteiger partial charge on any atom is -0.366 e. The van der Waals surface area contributed by atoms with E-state index in [2.05, 4.69) is 22.9 Å². The fourth-order valence-electron chi connectivity index (χ4n) is 2.05. The van der Waals surface area contributed by atoms with E-state index >= 15 is 0 Å². The Morgan fingerprint density at radius 2 is 2.29 bits per heavy atom. The van der Waals surface area contributed by atoms with Gasteiger partial charge in [-0.25, -0.2) is 0 Å². The molecule has 0 bridgehead atoms. The van der Waals surface area contributed by atoms with E-state index in [0.717, 1.165) is 25.2 Å². The Labute approximate surface area is 102 Å².